The highest BCUT2D eigenvalue weighted by atomic mass is 16.5. The first-order valence-electron chi connectivity index (χ1n) is 7.23. The van der Waals surface area contributed by atoms with Crippen molar-refractivity contribution >= 4 is 11.9 Å². The van der Waals surface area contributed by atoms with Crippen molar-refractivity contribution < 1.29 is 19.1 Å². The average molecular weight is 290 g/mol. The van der Waals surface area contributed by atoms with Crippen molar-refractivity contribution in [2.45, 2.75) is 33.1 Å². The largest absolute Gasteiger partial charge is 0.466 e. The maximum atomic E-state index is 11.8. The molecular weight excluding hydrogens is 268 g/mol. The van der Waals surface area contributed by atoms with Gasteiger partial charge in [-0.15, -0.1) is 0 Å². The lowest BCUT2D eigenvalue weighted by Gasteiger charge is -2.07. The topological polar surface area (TPSA) is 52.6 Å². The van der Waals surface area contributed by atoms with Crippen LogP contribution in [0.15, 0.2) is 42.0 Å². The summed E-state index contributed by atoms with van der Waals surface area (Å²) in [6.07, 6.45) is 3.22. The fourth-order valence-corrected chi connectivity index (χ4v) is 1.88. The molecule has 21 heavy (non-hydrogen) atoms. The normalized spacial score (nSPS) is 11.0. The zero-order valence-corrected chi connectivity index (χ0v) is 12.6. The molecule has 0 saturated heterocycles. The van der Waals surface area contributed by atoms with Crippen molar-refractivity contribution in [3.05, 3.63) is 47.5 Å². The molecule has 0 aliphatic heterocycles. The Morgan fingerprint density at radius 1 is 1.05 bits per heavy atom. The van der Waals surface area contributed by atoms with Gasteiger partial charge in [0.25, 0.3) is 0 Å². The van der Waals surface area contributed by atoms with Gasteiger partial charge >= 0.3 is 11.9 Å². The van der Waals surface area contributed by atoms with E-state index in [1.165, 1.54) is 5.56 Å². The Hall–Kier alpha value is -2.10. The van der Waals surface area contributed by atoms with E-state index in [0.717, 1.165) is 6.42 Å². The summed E-state index contributed by atoms with van der Waals surface area (Å²) in [5.74, 6) is -0.852. The molecule has 0 spiro atoms. The van der Waals surface area contributed by atoms with Crippen molar-refractivity contribution in [3.63, 3.8) is 0 Å². The van der Waals surface area contributed by atoms with Gasteiger partial charge < -0.3 is 9.47 Å². The fraction of sp³-hybridized carbons (Fsp3) is 0.412. The van der Waals surface area contributed by atoms with E-state index in [2.05, 4.69) is 0 Å². The molecule has 0 atom stereocenters. The molecule has 0 amide bonds. The Kier molecular flexibility index (Phi) is 7.87. The van der Waals surface area contributed by atoms with Crippen LogP contribution < -0.4 is 0 Å². The number of carbonyl (C=O) groups is 2. The highest BCUT2D eigenvalue weighted by Gasteiger charge is 2.15. The van der Waals surface area contributed by atoms with Crippen molar-refractivity contribution in [2.75, 3.05) is 13.2 Å². The summed E-state index contributed by atoms with van der Waals surface area (Å²) < 4.78 is 9.85. The maximum Gasteiger partial charge on any atom is 0.334 e. The SMILES string of the molecule is CCOC(=O)C/C(=C\CCc1ccccc1)C(=O)OCC. The summed E-state index contributed by atoms with van der Waals surface area (Å²) in [5, 5.41) is 0. The zero-order chi connectivity index (χ0) is 15.5. The molecule has 0 radical (unpaired) electrons. The number of carbonyl (C=O) groups excluding carboxylic acids is 2. The minimum Gasteiger partial charge on any atom is -0.466 e. The van der Waals surface area contributed by atoms with Crippen LogP contribution in [-0.2, 0) is 25.5 Å². The summed E-state index contributed by atoms with van der Waals surface area (Å²) in [6, 6.07) is 9.98. The molecule has 4 nitrogen and oxygen atoms in total. The number of aryl methyl sites for hydroxylation is 1. The van der Waals surface area contributed by atoms with E-state index in [4.69, 9.17) is 9.47 Å². The highest BCUT2D eigenvalue weighted by Crippen LogP contribution is 2.10. The zero-order valence-electron chi connectivity index (χ0n) is 12.6. The molecule has 0 aliphatic carbocycles. The van der Waals surface area contributed by atoms with Gasteiger partial charge in [0.05, 0.1) is 19.6 Å². The van der Waals surface area contributed by atoms with E-state index in [1.54, 1.807) is 19.9 Å². The monoisotopic (exact) mass is 290 g/mol. The van der Waals surface area contributed by atoms with Crippen LogP contribution in [0.5, 0.6) is 0 Å². The second kappa shape index (κ2) is 9.75. The molecule has 114 valence electrons. The third-order valence-electron chi connectivity index (χ3n) is 2.84. The Labute approximate surface area is 125 Å². The minimum absolute atomic E-state index is 0.0402. The van der Waals surface area contributed by atoms with Crippen molar-refractivity contribution in [1.29, 1.82) is 0 Å². The van der Waals surface area contributed by atoms with Crippen LogP contribution in [0.1, 0.15) is 32.3 Å². The third-order valence-corrected chi connectivity index (χ3v) is 2.84. The molecule has 0 N–H and O–H groups in total. The van der Waals surface area contributed by atoms with E-state index in [1.807, 2.05) is 30.3 Å². The molecule has 1 aromatic rings. The van der Waals surface area contributed by atoms with Crippen LogP contribution in [0.3, 0.4) is 0 Å². The van der Waals surface area contributed by atoms with Crippen molar-refractivity contribution in [1.82, 2.24) is 0 Å². The first kappa shape index (κ1) is 17.0. The quantitative estimate of drug-likeness (QED) is 0.545. The Balaban J connectivity index is 2.63. The Morgan fingerprint density at radius 2 is 1.71 bits per heavy atom. The number of hydrogen-bond acceptors (Lipinski definition) is 4. The third kappa shape index (κ3) is 6.75. The van der Waals surface area contributed by atoms with Crippen LogP contribution in [0.25, 0.3) is 0 Å². The van der Waals surface area contributed by atoms with Crippen LogP contribution >= 0.6 is 0 Å². The predicted octanol–water partition coefficient (Wildman–Crippen LogP) is 3.06. The summed E-state index contributed by atoms with van der Waals surface area (Å²) in [7, 11) is 0. The van der Waals surface area contributed by atoms with Gasteiger partial charge in [0, 0.05) is 5.57 Å². The van der Waals surface area contributed by atoms with E-state index < -0.39 is 11.9 Å². The highest BCUT2D eigenvalue weighted by molar-refractivity contribution is 5.93. The maximum absolute atomic E-state index is 11.8. The molecule has 0 aliphatic rings. The van der Waals surface area contributed by atoms with Gasteiger partial charge in [0.15, 0.2) is 0 Å². The van der Waals surface area contributed by atoms with Gasteiger partial charge in [0.2, 0.25) is 0 Å². The first-order chi connectivity index (χ1) is 10.2. The number of allylic oxidation sites excluding steroid dienone is 1. The van der Waals surface area contributed by atoms with Gasteiger partial charge in [0.1, 0.15) is 0 Å². The summed E-state index contributed by atoms with van der Waals surface area (Å²) >= 11 is 0. The molecular formula is C17H22O4. The van der Waals surface area contributed by atoms with E-state index >= 15 is 0 Å². The number of ether oxygens (including phenoxy) is 2. The van der Waals surface area contributed by atoms with Gasteiger partial charge in [-0.05, 0) is 32.3 Å². The standard InChI is InChI=1S/C17H22O4/c1-3-20-16(18)13-15(17(19)21-4-2)12-8-11-14-9-6-5-7-10-14/h5-7,9-10,12H,3-4,8,11,13H2,1-2H3/b15-12+. The van der Waals surface area contributed by atoms with Crippen molar-refractivity contribution in [3.8, 4) is 0 Å². The fourth-order valence-electron chi connectivity index (χ4n) is 1.88. The number of rotatable bonds is 8. The summed E-state index contributed by atoms with van der Waals surface area (Å²) in [4.78, 5) is 23.4. The van der Waals surface area contributed by atoms with Crippen LogP contribution in [0.4, 0.5) is 0 Å². The lowest BCUT2D eigenvalue weighted by Crippen LogP contribution is -2.13. The smallest absolute Gasteiger partial charge is 0.334 e. The van der Waals surface area contributed by atoms with Crippen LogP contribution in [0.2, 0.25) is 0 Å². The molecule has 0 unspecified atom stereocenters. The van der Waals surface area contributed by atoms with Gasteiger partial charge in [-0.25, -0.2) is 4.79 Å². The molecule has 0 heterocycles. The van der Waals surface area contributed by atoms with Crippen LogP contribution in [0, 0.1) is 0 Å². The molecule has 1 aromatic carbocycles. The number of hydrogen-bond donors (Lipinski definition) is 0. The molecule has 1 rings (SSSR count). The molecule has 0 bridgehead atoms. The molecule has 4 heteroatoms. The van der Waals surface area contributed by atoms with E-state index in [0.29, 0.717) is 18.6 Å². The second-order valence-electron chi connectivity index (χ2n) is 4.46. The van der Waals surface area contributed by atoms with Crippen LogP contribution in [-0.4, -0.2) is 25.2 Å². The summed E-state index contributed by atoms with van der Waals surface area (Å²) in [6.45, 7) is 4.07. The lowest BCUT2D eigenvalue weighted by molar-refractivity contribution is -0.145. The molecule has 0 aromatic heterocycles. The number of esters is 2. The van der Waals surface area contributed by atoms with E-state index in [9.17, 15) is 9.59 Å². The molecule has 0 saturated carbocycles. The lowest BCUT2D eigenvalue weighted by atomic mass is 10.1. The van der Waals surface area contributed by atoms with Gasteiger partial charge in [-0.3, -0.25) is 4.79 Å². The Bertz CT molecular complexity index is 477. The molecule has 0 fully saturated rings. The Morgan fingerprint density at radius 3 is 2.33 bits per heavy atom. The predicted molar refractivity (Wildman–Crippen MR) is 80.7 cm³/mol. The number of benzene rings is 1. The average Bonchev–Trinajstić information content (AvgIpc) is 2.48. The van der Waals surface area contributed by atoms with Gasteiger partial charge in [-0.2, -0.15) is 0 Å². The minimum atomic E-state index is -0.446. The second-order valence-corrected chi connectivity index (χ2v) is 4.46. The van der Waals surface area contributed by atoms with E-state index in [-0.39, 0.29) is 13.0 Å². The van der Waals surface area contributed by atoms with Crippen molar-refractivity contribution in [2.24, 2.45) is 0 Å². The van der Waals surface area contributed by atoms with Gasteiger partial charge in [-0.1, -0.05) is 36.4 Å². The first-order valence-corrected chi connectivity index (χ1v) is 7.23. The summed E-state index contributed by atoms with van der Waals surface area (Å²) in [5.41, 5.74) is 1.55.